The fourth-order valence-electron chi connectivity index (χ4n) is 8.21. The van der Waals surface area contributed by atoms with Crippen LogP contribution in [0.2, 0.25) is 5.02 Å². The van der Waals surface area contributed by atoms with Crippen LogP contribution < -0.4 is 19.4 Å². The lowest BCUT2D eigenvalue weighted by atomic mass is 9.56. The number of hydrogen-bond donors (Lipinski definition) is 1. The maximum absolute atomic E-state index is 15.3. The quantitative estimate of drug-likeness (QED) is 0.0712. The van der Waals surface area contributed by atoms with Crippen molar-refractivity contribution >= 4 is 69.9 Å². The van der Waals surface area contributed by atoms with E-state index in [0.717, 1.165) is 39.5 Å². The predicted molar refractivity (Wildman–Crippen MR) is 182 cm³/mol. The zero-order valence-corrected chi connectivity index (χ0v) is 31.2. The normalized spacial score (nSPS) is 27.0. The number of anilines is 2. The number of rotatable bonds is 6. The average Bonchev–Trinajstić information content (AvgIpc) is 3.50. The van der Waals surface area contributed by atoms with Crippen molar-refractivity contribution in [3.05, 3.63) is 81.3 Å². The number of halogens is 11. The number of allylic oxidation sites excluding steroid dienone is 2. The first-order valence-electron chi connectivity index (χ1n) is 16.4. The van der Waals surface area contributed by atoms with Gasteiger partial charge in [-0.1, -0.05) is 23.3 Å². The number of imide groups is 2. The van der Waals surface area contributed by atoms with Crippen molar-refractivity contribution in [3.8, 4) is 17.2 Å². The predicted octanol–water partition coefficient (Wildman–Crippen LogP) is 6.79. The number of nitrogens with zero attached hydrogens (tertiary/aromatic N) is 4. The number of hydrazine groups is 1. The van der Waals surface area contributed by atoms with E-state index in [1.54, 1.807) is 0 Å². The molecule has 2 aromatic carbocycles. The minimum Gasteiger partial charge on any atom is -0.502 e. The van der Waals surface area contributed by atoms with E-state index in [-0.39, 0.29) is 39.0 Å². The minimum absolute atomic E-state index is 0.0265. The molecule has 4 aliphatic rings. The number of carbonyl (C=O) groups excluding carboxylic acids is 4. The Bertz CT molecular complexity index is 2310. The second kappa shape index (κ2) is 13.3. The molecule has 6 atom stereocenters. The Morgan fingerprint density at radius 3 is 1.98 bits per heavy atom. The van der Waals surface area contributed by atoms with Crippen molar-refractivity contribution in [2.75, 3.05) is 31.2 Å². The van der Waals surface area contributed by atoms with Crippen LogP contribution in [0.1, 0.15) is 30.0 Å². The SMILES string of the molecule is COc1cc([C@H]2C3=CC[C@@H]4C(=O)N(N(C)c5nc(C(F)(F)F)ccc5Cl)C(=O)[C@@H]4[C@@H]3C[C@@]3(Cl)C(=O)N(c4c(F)c(F)c(F)c(F)c4F)C(=O)[C@@]23Cl)cc(OC)c1O. The molecular weight excluding hydrogens is 847 g/mol. The fraction of sp³-hybridized carbons (Fsp3) is 0.343. The van der Waals surface area contributed by atoms with Gasteiger partial charge in [-0.15, -0.1) is 23.2 Å². The van der Waals surface area contributed by atoms with Gasteiger partial charge in [0.2, 0.25) is 11.6 Å². The number of aromatic hydroxyl groups is 1. The van der Waals surface area contributed by atoms with E-state index in [9.17, 15) is 50.6 Å². The van der Waals surface area contributed by atoms with E-state index in [1.807, 2.05) is 0 Å². The van der Waals surface area contributed by atoms with Crippen molar-refractivity contribution in [2.45, 2.75) is 34.7 Å². The second-order valence-electron chi connectivity index (χ2n) is 13.5. The molecule has 11 nitrogen and oxygen atoms in total. The lowest BCUT2D eigenvalue weighted by Gasteiger charge is -2.50. The number of benzene rings is 2. The molecule has 1 N–H and O–H groups in total. The number of amides is 4. The van der Waals surface area contributed by atoms with Crippen molar-refractivity contribution < 1.29 is 68.9 Å². The first-order chi connectivity index (χ1) is 26.6. The van der Waals surface area contributed by atoms with Gasteiger partial charge in [-0.25, -0.2) is 31.8 Å². The topological polar surface area (TPSA) is 130 Å². The van der Waals surface area contributed by atoms with Crippen molar-refractivity contribution in [2.24, 2.45) is 17.8 Å². The summed E-state index contributed by atoms with van der Waals surface area (Å²) in [5, 5.41) is 11.5. The van der Waals surface area contributed by atoms with Crippen LogP contribution >= 0.6 is 34.8 Å². The molecule has 7 rings (SSSR count). The zero-order chi connectivity index (χ0) is 42.0. The molecule has 1 saturated carbocycles. The Morgan fingerprint density at radius 1 is 0.877 bits per heavy atom. The molecule has 0 spiro atoms. The Kier molecular flexibility index (Phi) is 9.44. The molecule has 302 valence electrons. The third-order valence-corrected chi connectivity index (χ3v) is 12.5. The minimum atomic E-state index is -4.96. The largest absolute Gasteiger partial charge is 0.502 e. The van der Waals surface area contributed by atoms with Crippen LogP contribution in [0.15, 0.2) is 35.9 Å². The number of fused-ring (bicyclic) bond motifs is 4. The fourth-order valence-corrected chi connectivity index (χ4v) is 9.37. The number of alkyl halides is 5. The van der Waals surface area contributed by atoms with E-state index in [0.29, 0.717) is 16.1 Å². The molecule has 0 unspecified atom stereocenters. The molecule has 0 radical (unpaired) electrons. The summed E-state index contributed by atoms with van der Waals surface area (Å²) in [6, 6.07) is 3.68. The monoisotopic (exact) mass is 868 g/mol. The number of phenols is 1. The summed E-state index contributed by atoms with van der Waals surface area (Å²) in [5.74, 6) is -26.1. The molecule has 3 aromatic rings. The van der Waals surface area contributed by atoms with E-state index >= 15 is 8.78 Å². The van der Waals surface area contributed by atoms with E-state index in [1.165, 1.54) is 6.08 Å². The zero-order valence-electron chi connectivity index (χ0n) is 29.0. The van der Waals surface area contributed by atoms with Crippen molar-refractivity contribution in [1.29, 1.82) is 0 Å². The van der Waals surface area contributed by atoms with Crippen LogP contribution in [0.5, 0.6) is 17.2 Å². The number of ether oxygens (including phenoxy) is 2. The van der Waals surface area contributed by atoms with Gasteiger partial charge in [0.1, 0.15) is 11.4 Å². The number of hydrogen-bond acceptors (Lipinski definition) is 9. The highest BCUT2D eigenvalue weighted by atomic mass is 35.5. The summed E-state index contributed by atoms with van der Waals surface area (Å²) in [6.45, 7) is 0. The number of aromatic nitrogens is 1. The Labute approximate surface area is 330 Å². The third kappa shape index (κ3) is 5.40. The van der Waals surface area contributed by atoms with Gasteiger partial charge < -0.3 is 14.6 Å². The highest BCUT2D eigenvalue weighted by Gasteiger charge is 2.77. The molecule has 0 bridgehead atoms. The third-order valence-electron chi connectivity index (χ3n) is 10.8. The van der Waals surface area contributed by atoms with Gasteiger partial charge in [-0.2, -0.15) is 18.2 Å². The molecule has 3 fully saturated rings. The summed E-state index contributed by atoms with van der Waals surface area (Å²) >= 11 is 20.4. The molecule has 4 amide bonds. The second-order valence-corrected chi connectivity index (χ2v) is 15.1. The molecule has 2 aliphatic carbocycles. The summed E-state index contributed by atoms with van der Waals surface area (Å²) in [6.07, 6.45) is -4.75. The van der Waals surface area contributed by atoms with Crippen LogP contribution in [0.4, 0.5) is 46.6 Å². The average molecular weight is 870 g/mol. The van der Waals surface area contributed by atoms with E-state index in [2.05, 4.69) is 4.98 Å². The first kappa shape index (κ1) is 40.3. The lowest BCUT2D eigenvalue weighted by Crippen LogP contribution is -2.60. The van der Waals surface area contributed by atoms with Crippen molar-refractivity contribution in [1.82, 2.24) is 9.99 Å². The van der Waals surface area contributed by atoms with Crippen LogP contribution in [0, 0.1) is 46.8 Å². The van der Waals surface area contributed by atoms with Gasteiger partial charge in [-0.05, 0) is 48.6 Å². The highest BCUT2D eigenvalue weighted by molar-refractivity contribution is 6.58. The number of phenolic OH excluding ortho intramolecular Hbond substituents is 1. The van der Waals surface area contributed by atoms with Crippen LogP contribution in [0.3, 0.4) is 0 Å². The summed E-state index contributed by atoms with van der Waals surface area (Å²) < 4.78 is 125. The van der Waals surface area contributed by atoms with Crippen molar-refractivity contribution in [3.63, 3.8) is 0 Å². The standard InChI is InChI=1S/C35H23Cl3F8N4O7/c1-48(28-15(36)6-7-18(47-28)35(44,45)46)50-29(52)13-5-4-12-14(19(13)30(50)53)10-33(37)31(54)49(26-24(42)22(40)21(39)23(41)25(26)43)32(55)34(33,38)20(12)11-8-16(56-2)27(51)17(9-11)57-3/h4,6-9,13-14,19-20,51H,5,10H2,1-3H3/t13-,14+,19-,20-,33+,34-/m0/s1. The van der Waals surface area contributed by atoms with Gasteiger partial charge in [0.25, 0.3) is 23.6 Å². The molecule has 22 heteroatoms. The van der Waals surface area contributed by atoms with Gasteiger partial charge >= 0.3 is 6.18 Å². The smallest absolute Gasteiger partial charge is 0.433 e. The van der Waals surface area contributed by atoms with Gasteiger partial charge in [0, 0.05) is 13.0 Å². The first-order valence-corrected chi connectivity index (χ1v) is 17.5. The Balaban J connectivity index is 1.42. The molecule has 2 saturated heterocycles. The lowest BCUT2D eigenvalue weighted by molar-refractivity contribution is -0.141. The maximum Gasteiger partial charge on any atom is 0.433 e. The van der Waals surface area contributed by atoms with Crippen LogP contribution in [-0.2, 0) is 25.4 Å². The number of pyridine rings is 1. The summed E-state index contributed by atoms with van der Waals surface area (Å²) in [5.41, 5.74) is -3.51. The Morgan fingerprint density at radius 2 is 1.44 bits per heavy atom. The molecule has 3 heterocycles. The highest BCUT2D eigenvalue weighted by Crippen LogP contribution is 2.66. The van der Waals surface area contributed by atoms with E-state index < -0.39 is 122 Å². The summed E-state index contributed by atoms with van der Waals surface area (Å²) in [4.78, 5) is 54.7. The van der Waals surface area contributed by atoms with Gasteiger partial charge in [0.05, 0.1) is 31.1 Å². The van der Waals surface area contributed by atoms with Crippen LogP contribution in [-0.4, -0.2) is 69.7 Å². The van der Waals surface area contributed by atoms with E-state index in [4.69, 9.17) is 44.3 Å². The molecule has 1 aromatic heterocycles. The summed E-state index contributed by atoms with van der Waals surface area (Å²) in [7, 11) is 3.30. The van der Waals surface area contributed by atoms with Gasteiger partial charge in [0.15, 0.2) is 50.3 Å². The molecular formula is C35H23Cl3F8N4O7. The van der Waals surface area contributed by atoms with Crippen LogP contribution in [0.25, 0.3) is 0 Å². The van der Waals surface area contributed by atoms with Gasteiger partial charge in [-0.3, -0.25) is 24.2 Å². The molecule has 57 heavy (non-hydrogen) atoms. The maximum atomic E-state index is 15.3. The number of carbonyl (C=O) groups is 4. The number of methoxy groups -OCH3 is 2. The Hall–Kier alpha value is -4.88. The molecule has 2 aliphatic heterocycles.